The SMILES string of the molecule is C=CCOc1ccc([C@H]2C(C(=O)OCC)=C(C)N=c3s/c(=C\c4ccc(-c5ccc([N+](=O)[O-])cc5Br)o4)c(=O)n32)cc1. The van der Waals surface area contributed by atoms with Crippen LogP contribution in [-0.2, 0) is 9.53 Å². The number of halogens is 1. The van der Waals surface area contributed by atoms with Gasteiger partial charge in [0.15, 0.2) is 4.80 Å². The lowest BCUT2D eigenvalue weighted by Gasteiger charge is -2.24. The second-order valence-corrected chi connectivity index (χ2v) is 11.0. The van der Waals surface area contributed by atoms with Gasteiger partial charge in [-0.2, -0.15) is 0 Å². The van der Waals surface area contributed by atoms with Crippen molar-refractivity contribution >= 4 is 45.0 Å². The Hall–Kier alpha value is -4.55. The van der Waals surface area contributed by atoms with Crippen LogP contribution in [0.1, 0.15) is 31.2 Å². The first-order chi connectivity index (χ1) is 20.2. The molecule has 1 aliphatic heterocycles. The number of carbonyl (C=O) groups excluding carboxylic acids is 1. The molecular formula is C30H24BrN3O7S. The number of thiazole rings is 1. The predicted octanol–water partition coefficient (Wildman–Crippen LogP) is 5.29. The molecule has 1 aliphatic rings. The summed E-state index contributed by atoms with van der Waals surface area (Å²) in [7, 11) is 0. The maximum atomic E-state index is 13.8. The summed E-state index contributed by atoms with van der Waals surface area (Å²) in [6.45, 7) is 7.61. The number of non-ortho nitro benzene ring substituents is 1. The number of nitro groups is 1. The molecule has 4 aromatic rings. The summed E-state index contributed by atoms with van der Waals surface area (Å²) in [6, 6.07) is 14.2. The van der Waals surface area contributed by atoms with Crippen LogP contribution in [0.4, 0.5) is 5.69 Å². The van der Waals surface area contributed by atoms with Crippen molar-refractivity contribution < 1.29 is 23.6 Å². The summed E-state index contributed by atoms with van der Waals surface area (Å²) in [6.07, 6.45) is 3.25. The largest absolute Gasteiger partial charge is 0.490 e. The maximum absolute atomic E-state index is 13.8. The summed E-state index contributed by atoms with van der Waals surface area (Å²) in [4.78, 5) is 42.5. The van der Waals surface area contributed by atoms with Crippen LogP contribution in [0.15, 0.2) is 97.2 Å². The number of esters is 1. The van der Waals surface area contributed by atoms with E-state index in [9.17, 15) is 19.7 Å². The van der Waals surface area contributed by atoms with E-state index < -0.39 is 16.9 Å². The molecule has 0 saturated carbocycles. The van der Waals surface area contributed by atoms with Crippen molar-refractivity contribution in [2.45, 2.75) is 19.9 Å². The number of ether oxygens (including phenoxy) is 2. The van der Waals surface area contributed by atoms with Gasteiger partial charge in [0.25, 0.3) is 11.2 Å². The Morgan fingerprint density at radius 1 is 1.24 bits per heavy atom. The highest BCUT2D eigenvalue weighted by Gasteiger charge is 2.33. The van der Waals surface area contributed by atoms with Crippen LogP contribution in [0.2, 0.25) is 0 Å². The number of benzene rings is 2. The molecule has 0 fully saturated rings. The van der Waals surface area contributed by atoms with Crippen LogP contribution in [0.5, 0.6) is 5.75 Å². The fourth-order valence-corrected chi connectivity index (χ4v) is 6.12. The molecule has 2 aromatic heterocycles. The molecule has 0 spiro atoms. The lowest BCUT2D eigenvalue weighted by molar-refractivity contribution is -0.384. The minimum Gasteiger partial charge on any atom is -0.490 e. The van der Waals surface area contributed by atoms with E-state index >= 15 is 0 Å². The second kappa shape index (κ2) is 12.1. The highest BCUT2D eigenvalue weighted by atomic mass is 79.9. The fraction of sp³-hybridized carbons (Fsp3) is 0.167. The van der Waals surface area contributed by atoms with E-state index in [2.05, 4.69) is 27.5 Å². The molecule has 42 heavy (non-hydrogen) atoms. The molecule has 0 N–H and O–H groups in total. The van der Waals surface area contributed by atoms with Crippen LogP contribution in [0, 0.1) is 10.1 Å². The van der Waals surface area contributed by atoms with E-state index in [0.717, 1.165) is 0 Å². The minimum atomic E-state index is -0.765. The quantitative estimate of drug-likeness (QED) is 0.104. The molecule has 1 atom stereocenters. The molecule has 2 aromatic carbocycles. The van der Waals surface area contributed by atoms with Crippen LogP contribution >= 0.6 is 27.3 Å². The highest BCUT2D eigenvalue weighted by Crippen LogP contribution is 2.33. The number of furan rings is 1. The number of hydrogen-bond acceptors (Lipinski definition) is 9. The van der Waals surface area contributed by atoms with Gasteiger partial charge in [-0.05, 0) is 65.7 Å². The summed E-state index contributed by atoms with van der Waals surface area (Å²) in [5, 5.41) is 11.1. The van der Waals surface area contributed by atoms with E-state index in [1.165, 1.54) is 28.0 Å². The van der Waals surface area contributed by atoms with Gasteiger partial charge in [0.1, 0.15) is 23.9 Å². The Labute approximate surface area is 251 Å². The lowest BCUT2D eigenvalue weighted by Crippen LogP contribution is -2.39. The number of nitrogens with zero attached hydrogens (tertiary/aromatic N) is 3. The molecule has 0 amide bonds. The average molecular weight is 651 g/mol. The van der Waals surface area contributed by atoms with Crippen molar-refractivity contribution in [1.82, 2.24) is 4.57 Å². The number of fused-ring (bicyclic) bond motifs is 1. The van der Waals surface area contributed by atoms with E-state index in [-0.39, 0.29) is 23.4 Å². The van der Waals surface area contributed by atoms with Gasteiger partial charge in [-0.3, -0.25) is 19.5 Å². The van der Waals surface area contributed by atoms with Crippen molar-refractivity contribution in [1.29, 1.82) is 0 Å². The van der Waals surface area contributed by atoms with Gasteiger partial charge >= 0.3 is 5.97 Å². The number of rotatable bonds is 9. The van der Waals surface area contributed by atoms with Crippen LogP contribution < -0.4 is 19.6 Å². The van der Waals surface area contributed by atoms with Gasteiger partial charge in [-0.1, -0.05) is 36.1 Å². The van der Waals surface area contributed by atoms with Crippen LogP contribution in [-0.4, -0.2) is 28.7 Å². The first-order valence-corrected chi connectivity index (χ1v) is 14.4. The Bertz CT molecular complexity index is 1920. The van der Waals surface area contributed by atoms with Gasteiger partial charge in [0.2, 0.25) is 0 Å². The zero-order valence-electron chi connectivity index (χ0n) is 22.5. The van der Waals surface area contributed by atoms with Gasteiger partial charge in [-0.15, -0.1) is 0 Å². The smallest absolute Gasteiger partial charge is 0.338 e. The summed E-state index contributed by atoms with van der Waals surface area (Å²) >= 11 is 4.54. The van der Waals surface area contributed by atoms with Crippen LogP contribution in [0.3, 0.4) is 0 Å². The Balaban J connectivity index is 1.58. The first kappa shape index (κ1) is 29.0. The normalized spacial score (nSPS) is 14.7. The molecule has 214 valence electrons. The summed E-state index contributed by atoms with van der Waals surface area (Å²) < 4.78 is 19.3. The van der Waals surface area contributed by atoms with E-state index in [4.69, 9.17) is 13.9 Å². The van der Waals surface area contributed by atoms with E-state index in [1.807, 2.05) is 0 Å². The first-order valence-electron chi connectivity index (χ1n) is 12.8. The van der Waals surface area contributed by atoms with Gasteiger partial charge < -0.3 is 13.9 Å². The van der Waals surface area contributed by atoms with E-state index in [0.29, 0.717) is 54.5 Å². The number of nitro benzene ring substituents is 1. The summed E-state index contributed by atoms with van der Waals surface area (Å²) in [5.41, 5.74) is 1.65. The van der Waals surface area contributed by atoms with Crippen molar-refractivity contribution in [3.63, 3.8) is 0 Å². The van der Waals surface area contributed by atoms with Crippen molar-refractivity contribution in [2.75, 3.05) is 13.2 Å². The maximum Gasteiger partial charge on any atom is 0.338 e. The minimum absolute atomic E-state index is 0.0514. The third-order valence-corrected chi connectivity index (χ3v) is 8.05. The van der Waals surface area contributed by atoms with Crippen molar-refractivity contribution in [2.24, 2.45) is 4.99 Å². The molecule has 0 aliphatic carbocycles. The molecule has 3 heterocycles. The zero-order valence-corrected chi connectivity index (χ0v) is 24.9. The zero-order chi connectivity index (χ0) is 30.0. The average Bonchev–Trinajstić information content (AvgIpc) is 3.55. The van der Waals surface area contributed by atoms with Gasteiger partial charge in [0.05, 0.1) is 33.4 Å². The third kappa shape index (κ3) is 5.63. The molecule has 5 rings (SSSR count). The topological polar surface area (TPSA) is 126 Å². The molecule has 10 nitrogen and oxygen atoms in total. The molecular weight excluding hydrogens is 626 g/mol. The molecule has 0 bridgehead atoms. The van der Waals surface area contributed by atoms with Crippen LogP contribution in [0.25, 0.3) is 17.4 Å². The second-order valence-electron chi connectivity index (χ2n) is 9.09. The van der Waals surface area contributed by atoms with E-state index in [1.54, 1.807) is 68.5 Å². The summed E-state index contributed by atoms with van der Waals surface area (Å²) in [5.74, 6) is 0.946. The van der Waals surface area contributed by atoms with Crippen molar-refractivity contribution in [3.8, 4) is 17.1 Å². The monoisotopic (exact) mass is 649 g/mol. The molecule has 0 unspecified atom stereocenters. The standard InChI is InChI=1S/C30H24BrN3O7S/c1-4-14-40-20-9-6-18(7-10-20)27-26(29(36)39-5-2)17(3)32-30-33(27)28(35)25(42-30)16-21-11-13-24(41-21)22-12-8-19(34(37)38)15-23(22)31/h4,6-13,15-16,27H,1,5,14H2,2-3H3/b25-16-/t27-/m0/s1. The highest BCUT2D eigenvalue weighted by molar-refractivity contribution is 9.10. The Kier molecular flexibility index (Phi) is 8.36. The van der Waals surface area contributed by atoms with Crippen molar-refractivity contribution in [3.05, 3.63) is 124 Å². The number of aromatic nitrogens is 1. The Morgan fingerprint density at radius 2 is 2.00 bits per heavy atom. The number of carbonyl (C=O) groups is 1. The van der Waals surface area contributed by atoms with Gasteiger partial charge in [0, 0.05) is 28.2 Å². The number of allylic oxidation sites excluding steroid dienone is 1. The fourth-order valence-electron chi connectivity index (χ4n) is 4.53. The molecule has 12 heteroatoms. The lowest BCUT2D eigenvalue weighted by atomic mass is 9.96. The Morgan fingerprint density at radius 3 is 2.67 bits per heavy atom. The number of hydrogen-bond donors (Lipinski definition) is 0. The molecule has 0 radical (unpaired) electrons. The van der Waals surface area contributed by atoms with Gasteiger partial charge in [-0.25, -0.2) is 9.79 Å². The predicted molar refractivity (Wildman–Crippen MR) is 161 cm³/mol. The third-order valence-electron chi connectivity index (χ3n) is 6.41. The molecule has 0 saturated heterocycles.